The highest BCUT2D eigenvalue weighted by molar-refractivity contribution is 6.26. The summed E-state index contributed by atoms with van der Waals surface area (Å²) in [5.74, 6) is 0. The summed E-state index contributed by atoms with van der Waals surface area (Å²) in [6, 6.07) is 12.9. The quantitative estimate of drug-likeness (QED) is 0.186. The third-order valence-corrected chi connectivity index (χ3v) is 7.97. The Balaban J connectivity index is 1.44. The van der Waals surface area contributed by atoms with Gasteiger partial charge in [0.2, 0.25) is 0 Å². The molecule has 0 saturated heterocycles. The predicted octanol–water partition coefficient (Wildman–Crippen LogP) is 12.6. The number of furan rings is 1. The summed E-state index contributed by atoms with van der Waals surface area (Å²) in [6.45, 7) is 0. The van der Waals surface area contributed by atoms with Gasteiger partial charge in [-0.05, 0) is 84.2 Å². The minimum Gasteiger partial charge on any atom is -0.456 e. The zero-order chi connectivity index (χ0) is 43.7. The van der Waals surface area contributed by atoms with Crippen LogP contribution in [0.1, 0.15) is 21.9 Å². The van der Waals surface area contributed by atoms with Gasteiger partial charge in [0.05, 0.1) is 21.9 Å². The fraction of sp³-hybridized carbons (Fsp3) is 0. The Bertz CT molecular complexity index is 3310. The van der Waals surface area contributed by atoms with Crippen molar-refractivity contribution in [3.05, 3.63) is 169 Å². The largest absolute Gasteiger partial charge is 0.456 e. The molecule has 9 aromatic rings. The topological polar surface area (TPSA) is 13.1 Å². The smallest absolute Gasteiger partial charge is 0.136 e. The SMILES string of the molecule is [2H]c1c([2H])c([2H])c(-c2ccc(-c3c4ccccc4c(-c4c([2H])c(-c5c([2H])c([2H])c([2H])c([2H])c5[2H])c([2H])c5oc6c([2H])c([2H])c([2H])c([2H])c6c45)c4ccccc34)cc2)c([2H])c1[2H]. The van der Waals surface area contributed by atoms with E-state index in [0.717, 1.165) is 5.56 Å². The van der Waals surface area contributed by atoms with Crippen LogP contribution in [-0.2, 0) is 0 Å². The average molecular weight is 589 g/mol. The van der Waals surface area contributed by atoms with Gasteiger partial charge in [0.25, 0.3) is 0 Å². The standard InChI is InChI=1S/C44H28O/c1-3-13-29(14-4-1)31-23-25-32(26-24-31)42-34-17-7-9-19-36(34)43(37-20-10-8-18-35(37)42)39-27-33(30-15-5-2-6-16-30)28-41-44(39)38-21-11-12-22-40(38)45-41/h1-28H/i1D,2D,3D,4D,5D,6D,11D,12D,13D,14D,15D,16D,21D,22D,27D,28D. The molecule has 0 aliphatic rings. The molecule has 210 valence electrons. The molecular formula is C44H28O. The van der Waals surface area contributed by atoms with E-state index in [4.69, 9.17) is 23.6 Å². The first-order chi connectivity index (χ1) is 29.0. The summed E-state index contributed by atoms with van der Waals surface area (Å²) >= 11 is 0. The minimum atomic E-state index is -0.682. The van der Waals surface area contributed by atoms with E-state index in [9.17, 15) is 2.74 Å². The molecule has 0 aliphatic heterocycles. The van der Waals surface area contributed by atoms with E-state index in [-0.39, 0.29) is 50.7 Å². The van der Waals surface area contributed by atoms with E-state index in [0.29, 0.717) is 38.2 Å². The molecule has 0 bridgehead atoms. The summed E-state index contributed by atoms with van der Waals surface area (Å²) in [5.41, 5.74) is 0.988. The van der Waals surface area contributed by atoms with Crippen molar-refractivity contribution in [3.63, 3.8) is 0 Å². The molecule has 0 atom stereocenters. The first-order valence-electron chi connectivity index (χ1n) is 22.1. The lowest BCUT2D eigenvalue weighted by Gasteiger charge is -2.19. The molecular weight excluding hydrogens is 544 g/mol. The van der Waals surface area contributed by atoms with Crippen molar-refractivity contribution in [1.82, 2.24) is 0 Å². The lowest BCUT2D eigenvalue weighted by Crippen LogP contribution is -1.92. The van der Waals surface area contributed by atoms with Crippen LogP contribution in [0.15, 0.2) is 174 Å². The third kappa shape index (κ3) is 4.17. The van der Waals surface area contributed by atoms with E-state index in [1.54, 1.807) is 36.4 Å². The predicted molar refractivity (Wildman–Crippen MR) is 190 cm³/mol. The van der Waals surface area contributed by atoms with Gasteiger partial charge in [0.1, 0.15) is 11.2 Å². The van der Waals surface area contributed by atoms with E-state index < -0.39 is 90.2 Å². The van der Waals surface area contributed by atoms with Crippen LogP contribution in [0.2, 0.25) is 0 Å². The Kier molecular flexibility index (Phi) is 3.28. The number of para-hydroxylation sites is 1. The molecule has 45 heavy (non-hydrogen) atoms. The Hall–Kier alpha value is -5.92. The van der Waals surface area contributed by atoms with Gasteiger partial charge in [0, 0.05) is 10.8 Å². The van der Waals surface area contributed by atoms with E-state index in [2.05, 4.69) is 0 Å². The highest BCUT2D eigenvalue weighted by atomic mass is 16.3. The van der Waals surface area contributed by atoms with Crippen LogP contribution in [0.3, 0.4) is 0 Å². The van der Waals surface area contributed by atoms with Crippen molar-refractivity contribution in [1.29, 1.82) is 0 Å². The van der Waals surface area contributed by atoms with Crippen molar-refractivity contribution in [2.75, 3.05) is 0 Å². The maximum atomic E-state index is 9.96. The highest BCUT2D eigenvalue weighted by Gasteiger charge is 2.21. The molecule has 9 rings (SSSR count). The van der Waals surface area contributed by atoms with Crippen molar-refractivity contribution in [2.24, 2.45) is 0 Å². The Labute approximate surface area is 284 Å². The van der Waals surface area contributed by atoms with Crippen LogP contribution in [0.4, 0.5) is 0 Å². The Morgan fingerprint density at radius 1 is 0.378 bits per heavy atom. The van der Waals surface area contributed by atoms with E-state index in [1.807, 2.05) is 36.4 Å². The number of benzene rings is 8. The van der Waals surface area contributed by atoms with Gasteiger partial charge in [-0.15, -0.1) is 0 Å². The first kappa shape index (κ1) is 14.2. The molecule has 1 heterocycles. The maximum absolute atomic E-state index is 9.96. The summed E-state index contributed by atoms with van der Waals surface area (Å²) in [4.78, 5) is 0. The molecule has 1 aromatic heterocycles. The van der Waals surface area contributed by atoms with Gasteiger partial charge in [-0.1, -0.05) is 151 Å². The van der Waals surface area contributed by atoms with Crippen molar-refractivity contribution in [2.45, 2.75) is 0 Å². The molecule has 1 nitrogen and oxygen atoms in total. The van der Waals surface area contributed by atoms with Gasteiger partial charge in [0.15, 0.2) is 0 Å². The molecule has 0 aliphatic carbocycles. The van der Waals surface area contributed by atoms with E-state index >= 15 is 0 Å². The van der Waals surface area contributed by atoms with Crippen LogP contribution in [0.5, 0.6) is 0 Å². The van der Waals surface area contributed by atoms with Crippen LogP contribution in [0, 0.1) is 0 Å². The van der Waals surface area contributed by atoms with Crippen LogP contribution in [-0.4, -0.2) is 0 Å². The molecule has 1 heteroatoms. The van der Waals surface area contributed by atoms with Gasteiger partial charge in [-0.25, -0.2) is 0 Å². The molecule has 0 saturated carbocycles. The fourth-order valence-electron chi connectivity index (χ4n) is 6.07. The Morgan fingerprint density at radius 2 is 0.889 bits per heavy atom. The summed E-state index contributed by atoms with van der Waals surface area (Å²) in [5, 5.41) is 2.35. The monoisotopic (exact) mass is 588 g/mol. The van der Waals surface area contributed by atoms with Crippen molar-refractivity contribution in [3.8, 4) is 44.5 Å². The Morgan fingerprint density at radius 3 is 1.51 bits per heavy atom. The first-order valence-corrected chi connectivity index (χ1v) is 14.1. The molecule has 8 aromatic carbocycles. The fourth-order valence-corrected chi connectivity index (χ4v) is 6.07. The van der Waals surface area contributed by atoms with Crippen molar-refractivity contribution >= 4 is 43.5 Å². The molecule has 0 fully saturated rings. The zero-order valence-corrected chi connectivity index (χ0v) is 23.3. The summed E-state index contributed by atoms with van der Waals surface area (Å²) in [7, 11) is 0. The van der Waals surface area contributed by atoms with Crippen molar-refractivity contribution < 1.29 is 26.3 Å². The van der Waals surface area contributed by atoms with Gasteiger partial charge >= 0.3 is 0 Å². The summed E-state index contributed by atoms with van der Waals surface area (Å²) < 4.78 is 145. The van der Waals surface area contributed by atoms with E-state index in [1.165, 1.54) is 0 Å². The number of hydrogen-bond donors (Lipinski definition) is 0. The second-order valence-electron chi connectivity index (χ2n) is 10.4. The minimum absolute atomic E-state index is 0.0131. The number of rotatable bonds is 4. The number of hydrogen-bond acceptors (Lipinski definition) is 1. The highest BCUT2D eigenvalue weighted by Crippen LogP contribution is 2.48. The van der Waals surface area contributed by atoms with Gasteiger partial charge in [-0.2, -0.15) is 0 Å². The molecule has 0 N–H and O–H groups in total. The number of fused-ring (bicyclic) bond motifs is 5. The second kappa shape index (κ2) is 10.4. The van der Waals surface area contributed by atoms with Gasteiger partial charge < -0.3 is 4.42 Å². The second-order valence-corrected chi connectivity index (χ2v) is 10.4. The maximum Gasteiger partial charge on any atom is 0.136 e. The zero-order valence-electron chi connectivity index (χ0n) is 39.3. The van der Waals surface area contributed by atoms with Gasteiger partial charge in [-0.3, -0.25) is 0 Å². The lowest BCUT2D eigenvalue weighted by molar-refractivity contribution is 0.669. The molecule has 0 unspecified atom stereocenters. The van der Waals surface area contributed by atoms with Crippen LogP contribution < -0.4 is 0 Å². The van der Waals surface area contributed by atoms with Crippen LogP contribution in [0.25, 0.3) is 88.0 Å². The lowest BCUT2D eigenvalue weighted by atomic mass is 9.84. The molecule has 0 spiro atoms. The summed E-state index contributed by atoms with van der Waals surface area (Å²) in [6.07, 6.45) is 0. The normalized spacial score (nSPS) is 16.5. The van der Waals surface area contributed by atoms with Crippen LogP contribution >= 0.6 is 0 Å². The molecule has 0 amide bonds. The average Bonchev–Trinajstić information content (AvgIpc) is 3.67. The molecule has 0 radical (unpaired) electrons. The third-order valence-electron chi connectivity index (χ3n) is 7.97.